The Balaban J connectivity index is 1.76. The van der Waals surface area contributed by atoms with Gasteiger partial charge in [-0.05, 0) is 36.4 Å². The number of aromatic nitrogens is 3. The summed E-state index contributed by atoms with van der Waals surface area (Å²) >= 11 is 0. The maximum atomic E-state index is 10.8. The standard InChI is InChI=1S/C19H18N4O2/c24-19(25)15-7-8-18(22-11-15)14-23(12-16-5-1-3-9-20-16)13-17-6-2-4-10-21-17/h1-11H,12-14H2,(H,24,25)/p-1. The number of pyridine rings is 3. The van der Waals surface area contributed by atoms with Crippen molar-refractivity contribution in [3.63, 3.8) is 0 Å². The number of carboxylic acid groups (broad SMARTS) is 1. The molecule has 25 heavy (non-hydrogen) atoms. The second-order valence-electron chi connectivity index (χ2n) is 5.61. The van der Waals surface area contributed by atoms with E-state index in [1.165, 1.54) is 12.3 Å². The molecule has 0 spiro atoms. The number of hydrogen-bond donors (Lipinski definition) is 0. The Labute approximate surface area is 145 Å². The first-order chi connectivity index (χ1) is 12.2. The van der Waals surface area contributed by atoms with Crippen LogP contribution in [-0.2, 0) is 19.6 Å². The first-order valence-electron chi connectivity index (χ1n) is 7.89. The van der Waals surface area contributed by atoms with Gasteiger partial charge in [-0.15, -0.1) is 0 Å². The zero-order valence-electron chi connectivity index (χ0n) is 13.6. The summed E-state index contributed by atoms with van der Waals surface area (Å²) in [5, 5.41) is 10.8. The van der Waals surface area contributed by atoms with Crippen molar-refractivity contribution in [2.24, 2.45) is 0 Å². The maximum absolute atomic E-state index is 10.8. The molecule has 0 radical (unpaired) electrons. The molecule has 0 amide bonds. The van der Waals surface area contributed by atoms with E-state index in [2.05, 4.69) is 19.9 Å². The number of hydrogen-bond acceptors (Lipinski definition) is 6. The third-order valence-corrected chi connectivity index (χ3v) is 3.67. The van der Waals surface area contributed by atoms with E-state index in [1.54, 1.807) is 18.5 Å². The minimum atomic E-state index is -1.22. The van der Waals surface area contributed by atoms with Crippen molar-refractivity contribution in [3.05, 3.63) is 89.8 Å². The molecule has 0 saturated heterocycles. The lowest BCUT2D eigenvalue weighted by molar-refractivity contribution is -0.255. The molecule has 0 fully saturated rings. The number of carbonyl (C=O) groups excluding carboxylic acids is 1. The highest BCUT2D eigenvalue weighted by Gasteiger charge is 2.10. The Hall–Kier alpha value is -3.12. The molecule has 0 bridgehead atoms. The largest absolute Gasteiger partial charge is 0.545 e. The fourth-order valence-electron chi connectivity index (χ4n) is 2.48. The van der Waals surface area contributed by atoms with Crippen LogP contribution in [0.4, 0.5) is 0 Å². The average molecular weight is 333 g/mol. The van der Waals surface area contributed by atoms with Crippen LogP contribution in [0.15, 0.2) is 67.1 Å². The smallest absolute Gasteiger partial charge is 0.0730 e. The molecule has 0 atom stereocenters. The molecule has 0 aromatic carbocycles. The number of nitrogens with zero attached hydrogens (tertiary/aromatic N) is 4. The van der Waals surface area contributed by atoms with Gasteiger partial charge in [-0.2, -0.15) is 0 Å². The van der Waals surface area contributed by atoms with E-state index in [9.17, 15) is 9.90 Å². The van der Waals surface area contributed by atoms with Gasteiger partial charge in [-0.1, -0.05) is 12.1 Å². The van der Waals surface area contributed by atoms with E-state index < -0.39 is 5.97 Å². The van der Waals surface area contributed by atoms with Crippen molar-refractivity contribution in [2.45, 2.75) is 19.6 Å². The Morgan fingerprint density at radius 2 is 1.36 bits per heavy atom. The molecule has 0 N–H and O–H groups in total. The molecule has 3 heterocycles. The fraction of sp³-hybridized carbons (Fsp3) is 0.158. The number of rotatable bonds is 7. The highest BCUT2D eigenvalue weighted by Crippen LogP contribution is 2.11. The summed E-state index contributed by atoms with van der Waals surface area (Å²) in [7, 11) is 0. The lowest BCUT2D eigenvalue weighted by Crippen LogP contribution is -2.25. The molecule has 126 valence electrons. The van der Waals surface area contributed by atoms with Gasteiger partial charge < -0.3 is 9.90 Å². The van der Waals surface area contributed by atoms with Crippen LogP contribution in [0, 0.1) is 0 Å². The molecule has 3 rings (SSSR count). The topological polar surface area (TPSA) is 82.0 Å². The summed E-state index contributed by atoms with van der Waals surface area (Å²) in [6.07, 6.45) is 4.85. The van der Waals surface area contributed by atoms with Gasteiger partial charge in [0.2, 0.25) is 0 Å². The van der Waals surface area contributed by atoms with E-state index in [0.717, 1.165) is 17.1 Å². The van der Waals surface area contributed by atoms with Crippen LogP contribution in [0.3, 0.4) is 0 Å². The fourth-order valence-corrected chi connectivity index (χ4v) is 2.48. The minimum Gasteiger partial charge on any atom is -0.545 e. The van der Waals surface area contributed by atoms with Crippen molar-refractivity contribution in [1.29, 1.82) is 0 Å². The summed E-state index contributed by atoms with van der Waals surface area (Å²) in [4.78, 5) is 26.0. The summed E-state index contributed by atoms with van der Waals surface area (Å²) in [6.45, 7) is 1.84. The van der Waals surface area contributed by atoms with Gasteiger partial charge >= 0.3 is 0 Å². The van der Waals surface area contributed by atoms with E-state index in [-0.39, 0.29) is 5.56 Å². The Kier molecular flexibility index (Phi) is 5.43. The highest BCUT2D eigenvalue weighted by atomic mass is 16.4. The number of aromatic carboxylic acids is 1. The van der Waals surface area contributed by atoms with E-state index in [4.69, 9.17) is 0 Å². The van der Waals surface area contributed by atoms with E-state index in [0.29, 0.717) is 19.6 Å². The van der Waals surface area contributed by atoms with Crippen molar-refractivity contribution < 1.29 is 9.90 Å². The van der Waals surface area contributed by atoms with Crippen LogP contribution in [0.2, 0.25) is 0 Å². The van der Waals surface area contributed by atoms with Gasteiger partial charge in [0, 0.05) is 43.8 Å². The molecule has 6 nitrogen and oxygen atoms in total. The van der Waals surface area contributed by atoms with Gasteiger partial charge in [0.25, 0.3) is 0 Å². The summed E-state index contributed by atoms with van der Waals surface area (Å²) in [5.74, 6) is -1.22. The van der Waals surface area contributed by atoms with Gasteiger partial charge in [0.1, 0.15) is 0 Å². The summed E-state index contributed by atoms with van der Waals surface area (Å²) in [6, 6.07) is 14.8. The van der Waals surface area contributed by atoms with Gasteiger partial charge in [-0.25, -0.2) is 0 Å². The van der Waals surface area contributed by atoms with Crippen LogP contribution in [-0.4, -0.2) is 25.8 Å². The summed E-state index contributed by atoms with van der Waals surface area (Å²) in [5.41, 5.74) is 2.75. The number of carbonyl (C=O) groups is 1. The second-order valence-corrected chi connectivity index (χ2v) is 5.61. The molecular weight excluding hydrogens is 316 g/mol. The Bertz CT molecular complexity index is 766. The molecule has 6 heteroatoms. The number of carboxylic acids is 1. The first-order valence-corrected chi connectivity index (χ1v) is 7.89. The molecule has 0 aliphatic heterocycles. The van der Waals surface area contributed by atoms with Crippen molar-refractivity contribution in [1.82, 2.24) is 19.9 Å². The predicted molar refractivity (Wildman–Crippen MR) is 90.0 cm³/mol. The molecule has 0 aliphatic carbocycles. The molecule has 0 unspecified atom stereocenters. The molecule has 0 aliphatic rings. The SMILES string of the molecule is O=C([O-])c1ccc(CN(Cc2ccccn2)Cc2ccccn2)nc1. The molecule has 3 aromatic rings. The van der Waals surface area contributed by atoms with Gasteiger partial charge in [0.15, 0.2) is 0 Å². The van der Waals surface area contributed by atoms with Crippen LogP contribution in [0.1, 0.15) is 27.4 Å². The van der Waals surface area contributed by atoms with Crippen molar-refractivity contribution in [3.8, 4) is 0 Å². The molecule has 0 saturated carbocycles. The third-order valence-electron chi connectivity index (χ3n) is 3.67. The highest BCUT2D eigenvalue weighted by molar-refractivity contribution is 5.85. The zero-order valence-corrected chi connectivity index (χ0v) is 13.6. The van der Waals surface area contributed by atoms with Crippen LogP contribution in [0.25, 0.3) is 0 Å². The lowest BCUT2D eigenvalue weighted by atomic mass is 10.2. The average Bonchev–Trinajstić information content (AvgIpc) is 2.64. The van der Waals surface area contributed by atoms with Crippen LogP contribution in [0.5, 0.6) is 0 Å². The van der Waals surface area contributed by atoms with Gasteiger partial charge in [0.05, 0.1) is 23.1 Å². The van der Waals surface area contributed by atoms with E-state index in [1.807, 2.05) is 36.4 Å². The monoisotopic (exact) mass is 333 g/mol. The third kappa shape index (κ3) is 4.92. The van der Waals surface area contributed by atoms with Gasteiger partial charge in [-0.3, -0.25) is 19.9 Å². The van der Waals surface area contributed by atoms with Crippen molar-refractivity contribution in [2.75, 3.05) is 0 Å². The van der Waals surface area contributed by atoms with Crippen LogP contribution < -0.4 is 5.11 Å². The molecular formula is C19H17N4O2-. The Morgan fingerprint density at radius 1 is 0.800 bits per heavy atom. The van der Waals surface area contributed by atoms with E-state index >= 15 is 0 Å². The minimum absolute atomic E-state index is 0.0738. The Morgan fingerprint density at radius 3 is 1.76 bits per heavy atom. The normalized spacial score (nSPS) is 10.8. The molecule has 3 aromatic heterocycles. The van der Waals surface area contributed by atoms with Crippen molar-refractivity contribution >= 4 is 5.97 Å². The maximum Gasteiger partial charge on any atom is 0.0730 e. The summed E-state index contributed by atoms with van der Waals surface area (Å²) < 4.78 is 0. The zero-order chi connectivity index (χ0) is 17.5. The lowest BCUT2D eigenvalue weighted by Gasteiger charge is -2.21. The second kappa shape index (κ2) is 8.12. The predicted octanol–water partition coefficient (Wildman–Crippen LogP) is 1.44. The van der Waals surface area contributed by atoms with Crippen LogP contribution >= 0.6 is 0 Å². The first kappa shape index (κ1) is 16.7. The quantitative estimate of drug-likeness (QED) is 0.651.